The third-order valence-corrected chi connectivity index (χ3v) is 8.00. The van der Waals surface area contributed by atoms with E-state index in [1.165, 1.54) is 24.1 Å². The zero-order valence-electron chi connectivity index (χ0n) is 19.8. The lowest BCUT2D eigenvalue weighted by atomic mass is 9.70. The van der Waals surface area contributed by atoms with Crippen molar-refractivity contribution >= 4 is 40.6 Å². The molecule has 1 fully saturated rings. The molecule has 0 unspecified atom stereocenters. The Morgan fingerprint density at radius 2 is 1.78 bits per heavy atom. The zero-order valence-corrected chi connectivity index (χ0v) is 21.4. The quantitative estimate of drug-likeness (QED) is 0.509. The van der Waals surface area contributed by atoms with Crippen molar-refractivity contribution < 1.29 is 32.7 Å². The maximum Gasteiger partial charge on any atom is 0.490 e. The van der Waals surface area contributed by atoms with Gasteiger partial charge in [0.1, 0.15) is 5.78 Å². The lowest BCUT2D eigenvalue weighted by Crippen LogP contribution is -2.42. The van der Waals surface area contributed by atoms with E-state index in [4.69, 9.17) is 27.2 Å². The molecular weight excluding hydrogens is 517 g/mol. The molecule has 2 aliphatic rings. The average molecular weight is 545 g/mol. The molecule has 1 amide bonds. The summed E-state index contributed by atoms with van der Waals surface area (Å²) in [4.78, 5) is 38.3. The van der Waals surface area contributed by atoms with Gasteiger partial charge < -0.3 is 10.8 Å². The number of primary amides is 1. The number of hydrogen-bond acceptors (Lipinski definition) is 5. The van der Waals surface area contributed by atoms with E-state index in [0.29, 0.717) is 22.4 Å². The molecular formula is C25H28ClF3N2O4S. The monoisotopic (exact) mass is 544 g/mol. The van der Waals surface area contributed by atoms with E-state index < -0.39 is 18.1 Å². The Labute approximate surface area is 216 Å². The Morgan fingerprint density at radius 3 is 2.28 bits per heavy atom. The van der Waals surface area contributed by atoms with Gasteiger partial charge in [-0.3, -0.25) is 14.5 Å². The number of nitrogens with two attached hydrogens (primary N) is 1. The molecule has 0 atom stereocenters. The van der Waals surface area contributed by atoms with Gasteiger partial charge in [-0.2, -0.15) is 13.2 Å². The molecule has 36 heavy (non-hydrogen) atoms. The van der Waals surface area contributed by atoms with Crippen LogP contribution in [-0.2, 0) is 35.4 Å². The smallest absolute Gasteiger partial charge is 0.475 e. The minimum atomic E-state index is -5.08. The maximum atomic E-state index is 12.7. The first-order chi connectivity index (χ1) is 16.8. The molecule has 1 aromatic heterocycles. The molecule has 2 heterocycles. The number of carboxylic acid groups (broad SMARTS) is 1. The number of carboxylic acids is 1. The van der Waals surface area contributed by atoms with Crippen LogP contribution in [0.4, 0.5) is 13.2 Å². The SMILES string of the molecule is CC1(CN2CCc3c(sc(CC(=O)Cc4ccc(Cl)cc4)c3C(N)=O)C2)CCC1.O=C(O)C(F)(F)F. The first-order valence-electron chi connectivity index (χ1n) is 11.5. The van der Waals surface area contributed by atoms with Crippen molar-refractivity contribution in [2.75, 3.05) is 13.1 Å². The number of thiophene rings is 1. The van der Waals surface area contributed by atoms with Gasteiger partial charge in [-0.05, 0) is 47.9 Å². The van der Waals surface area contributed by atoms with Crippen LogP contribution in [0.3, 0.4) is 0 Å². The number of hydrogen-bond donors (Lipinski definition) is 2. The molecule has 4 rings (SSSR count). The summed E-state index contributed by atoms with van der Waals surface area (Å²) in [5.41, 5.74) is 8.77. The van der Waals surface area contributed by atoms with E-state index in [2.05, 4.69) is 11.8 Å². The van der Waals surface area contributed by atoms with Crippen LogP contribution in [0.25, 0.3) is 0 Å². The van der Waals surface area contributed by atoms with E-state index in [1.807, 2.05) is 12.1 Å². The summed E-state index contributed by atoms with van der Waals surface area (Å²) >= 11 is 7.52. The molecule has 0 radical (unpaired) electrons. The Morgan fingerprint density at radius 1 is 1.17 bits per heavy atom. The van der Waals surface area contributed by atoms with Crippen LogP contribution < -0.4 is 5.73 Å². The Kier molecular flexibility index (Phi) is 8.84. The number of amides is 1. The number of carbonyl (C=O) groups excluding carboxylic acids is 2. The second kappa shape index (κ2) is 11.3. The fourth-order valence-corrected chi connectivity index (χ4v) is 6.17. The number of rotatable bonds is 7. The molecule has 1 saturated carbocycles. The highest BCUT2D eigenvalue weighted by atomic mass is 35.5. The van der Waals surface area contributed by atoms with Gasteiger partial charge in [0.25, 0.3) is 0 Å². The van der Waals surface area contributed by atoms with E-state index in [0.717, 1.165) is 42.1 Å². The highest BCUT2D eigenvalue weighted by Gasteiger charge is 2.38. The summed E-state index contributed by atoms with van der Waals surface area (Å²) in [6.45, 7) is 5.30. The first kappa shape index (κ1) is 28.1. The van der Waals surface area contributed by atoms with Crippen molar-refractivity contribution in [1.82, 2.24) is 4.90 Å². The van der Waals surface area contributed by atoms with Crippen LogP contribution >= 0.6 is 22.9 Å². The highest BCUT2D eigenvalue weighted by Crippen LogP contribution is 2.42. The summed E-state index contributed by atoms with van der Waals surface area (Å²) in [6, 6.07) is 7.32. The standard InChI is InChI=1S/C23H27ClN2O2S.C2HF3O2/c1-23(8-2-9-23)14-26-10-7-18-20(13-26)29-19(21(18)22(25)28)12-17(27)11-15-3-5-16(24)6-4-15;3-2(4,5)1(6)7/h3-6H,2,7-14H2,1H3,(H2,25,28);(H,6,7). The summed E-state index contributed by atoms with van der Waals surface area (Å²) < 4.78 is 31.7. The molecule has 11 heteroatoms. The maximum absolute atomic E-state index is 12.7. The molecule has 0 saturated heterocycles. The second-order valence-corrected chi connectivity index (χ2v) is 11.2. The number of ketones is 1. The molecule has 0 bridgehead atoms. The molecule has 6 nitrogen and oxygen atoms in total. The largest absolute Gasteiger partial charge is 0.490 e. The fourth-order valence-electron chi connectivity index (χ4n) is 4.61. The Bertz CT molecular complexity index is 1130. The molecule has 0 spiro atoms. The predicted molar refractivity (Wildman–Crippen MR) is 131 cm³/mol. The fraction of sp³-hybridized carbons (Fsp3) is 0.480. The van der Waals surface area contributed by atoms with Gasteiger partial charge in [-0.1, -0.05) is 37.1 Å². The van der Waals surface area contributed by atoms with Gasteiger partial charge >= 0.3 is 12.1 Å². The molecule has 1 aliphatic heterocycles. The third-order valence-electron chi connectivity index (χ3n) is 6.54. The number of Topliss-reactive ketones (excluding diaryl/α,β-unsaturated/α-hetero) is 1. The molecule has 3 N–H and O–H groups in total. The van der Waals surface area contributed by atoms with Crippen LogP contribution in [0, 0.1) is 5.41 Å². The van der Waals surface area contributed by atoms with Gasteiger partial charge in [0.05, 0.1) is 5.56 Å². The van der Waals surface area contributed by atoms with E-state index in [1.54, 1.807) is 23.5 Å². The molecule has 196 valence electrons. The lowest BCUT2D eigenvalue weighted by molar-refractivity contribution is -0.192. The van der Waals surface area contributed by atoms with Crippen molar-refractivity contribution in [3.63, 3.8) is 0 Å². The van der Waals surface area contributed by atoms with Crippen LogP contribution in [0.5, 0.6) is 0 Å². The van der Waals surface area contributed by atoms with Crippen molar-refractivity contribution in [2.24, 2.45) is 11.1 Å². The molecule has 1 aliphatic carbocycles. The van der Waals surface area contributed by atoms with E-state index in [9.17, 15) is 22.8 Å². The van der Waals surface area contributed by atoms with Gasteiger partial charge in [0, 0.05) is 47.3 Å². The van der Waals surface area contributed by atoms with Gasteiger partial charge in [-0.25, -0.2) is 4.79 Å². The van der Waals surface area contributed by atoms with Crippen LogP contribution in [0.15, 0.2) is 24.3 Å². The van der Waals surface area contributed by atoms with Crippen molar-refractivity contribution in [2.45, 2.75) is 58.2 Å². The van der Waals surface area contributed by atoms with Crippen molar-refractivity contribution in [3.8, 4) is 0 Å². The van der Waals surface area contributed by atoms with Gasteiger partial charge in [-0.15, -0.1) is 11.3 Å². The zero-order chi connectivity index (χ0) is 26.7. The number of fused-ring (bicyclic) bond motifs is 1. The molecule has 2 aromatic rings. The predicted octanol–water partition coefficient (Wildman–Crippen LogP) is 5.04. The topological polar surface area (TPSA) is 101 Å². The first-order valence-corrected chi connectivity index (χ1v) is 12.7. The van der Waals surface area contributed by atoms with Crippen molar-refractivity contribution in [3.05, 3.63) is 55.7 Å². The van der Waals surface area contributed by atoms with Crippen molar-refractivity contribution in [1.29, 1.82) is 0 Å². The van der Waals surface area contributed by atoms with Crippen LogP contribution in [-0.4, -0.2) is 46.9 Å². The number of aliphatic carboxylic acids is 1. The number of halogens is 4. The highest BCUT2D eigenvalue weighted by molar-refractivity contribution is 7.12. The summed E-state index contributed by atoms with van der Waals surface area (Å²) in [7, 11) is 0. The molecule has 1 aromatic carbocycles. The number of alkyl halides is 3. The van der Waals surface area contributed by atoms with E-state index in [-0.39, 0.29) is 12.2 Å². The second-order valence-electron chi connectivity index (χ2n) is 9.61. The average Bonchev–Trinajstić information content (AvgIpc) is 3.11. The third kappa shape index (κ3) is 7.30. The van der Waals surface area contributed by atoms with Crippen LogP contribution in [0.1, 0.15) is 57.4 Å². The number of benzene rings is 1. The van der Waals surface area contributed by atoms with Crippen LogP contribution in [0.2, 0.25) is 5.02 Å². The number of carbonyl (C=O) groups is 3. The summed E-state index contributed by atoms with van der Waals surface area (Å²) in [5, 5.41) is 7.78. The normalized spacial score (nSPS) is 16.8. The summed E-state index contributed by atoms with van der Waals surface area (Å²) in [6.07, 6.45) is 0.292. The Hall–Kier alpha value is -2.43. The van der Waals surface area contributed by atoms with E-state index >= 15 is 0 Å². The number of nitrogens with zero attached hydrogens (tertiary/aromatic N) is 1. The summed E-state index contributed by atoms with van der Waals surface area (Å²) in [5.74, 6) is -3.07. The Balaban J connectivity index is 0.000000454. The van der Waals surface area contributed by atoms with Gasteiger partial charge in [0.2, 0.25) is 5.91 Å². The minimum Gasteiger partial charge on any atom is -0.475 e. The lowest BCUT2D eigenvalue weighted by Gasteiger charge is -2.43. The minimum absolute atomic E-state index is 0.0901. The van der Waals surface area contributed by atoms with Gasteiger partial charge in [0.15, 0.2) is 0 Å².